The SMILES string of the molecule is COc1ccc(CC2c3cc4c(cc3CCN2C)OCO4)c(C(=O)O)c1OC. The molecule has 0 fully saturated rings. The first kappa shape index (κ1) is 18.4. The van der Waals surface area contributed by atoms with Crippen LogP contribution in [0.4, 0.5) is 0 Å². The van der Waals surface area contributed by atoms with E-state index in [9.17, 15) is 9.90 Å². The zero-order valence-electron chi connectivity index (χ0n) is 16.2. The van der Waals surface area contributed by atoms with Gasteiger partial charge in [-0.1, -0.05) is 6.07 Å². The fraction of sp³-hybridized carbons (Fsp3) is 0.381. The Morgan fingerprint density at radius 2 is 1.96 bits per heavy atom. The molecule has 0 saturated carbocycles. The predicted octanol–water partition coefficient (Wildman–Crippen LogP) is 2.90. The van der Waals surface area contributed by atoms with Crippen molar-refractivity contribution in [2.45, 2.75) is 18.9 Å². The van der Waals surface area contributed by atoms with E-state index in [4.69, 9.17) is 18.9 Å². The number of hydrogen-bond acceptors (Lipinski definition) is 6. The van der Waals surface area contributed by atoms with Crippen molar-refractivity contribution in [1.82, 2.24) is 4.90 Å². The largest absolute Gasteiger partial charge is 0.493 e. The third-order valence-corrected chi connectivity index (χ3v) is 5.52. The number of nitrogens with zero attached hydrogens (tertiary/aromatic N) is 1. The molecule has 4 rings (SSSR count). The maximum Gasteiger partial charge on any atom is 0.339 e. The highest BCUT2D eigenvalue weighted by molar-refractivity contribution is 5.94. The highest BCUT2D eigenvalue weighted by Crippen LogP contribution is 2.42. The van der Waals surface area contributed by atoms with E-state index in [-0.39, 0.29) is 24.1 Å². The summed E-state index contributed by atoms with van der Waals surface area (Å²) in [4.78, 5) is 14.2. The van der Waals surface area contributed by atoms with Crippen molar-refractivity contribution < 1.29 is 28.8 Å². The molecule has 2 aromatic carbocycles. The Kier molecular flexibility index (Phi) is 4.77. The van der Waals surface area contributed by atoms with Crippen LogP contribution in [0.1, 0.15) is 33.1 Å². The maximum atomic E-state index is 12.0. The number of likely N-dealkylation sites (N-methyl/N-ethyl adjacent to an activating group) is 1. The molecule has 1 unspecified atom stereocenters. The van der Waals surface area contributed by atoms with Gasteiger partial charge in [0.25, 0.3) is 0 Å². The molecule has 0 amide bonds. The second-order valence-electron chi connectivity index (χ2n) is 7.00. The fourth-order valence-electron chi connectivity index (χ4n) is 4.06. The molecule has 148 valence electrons. The average Bonchev–Trinajstić information content (AvgIpc) is 3.15. The lowest BCUT2D eigenvalue weighted by Crippen LogP contribution is -2.33. The topological polar surface area (TPSA) is 77.5 Å². The number of carboxylic acids is 1. The number of benzene rings is 2. The van der Waals surface area contributed by atoms with Crippen molar-refractivity contribution in [3.63, 3.8) is 0 Å². The van der Waals surface area contributed by atoms with Gasteiger partial charge in [0, 0.05) is 12.6 Å². The van der Waals surface area contributed by atoms with Crippen molar-refractivity contribution in [2.75, 3.05) is 34.6 Å². The molecule has 0 saturated heterocycles. The van der Waals surface area contributed by atoms with Crippen LogP contribution < -0.4 is 18.9 Å². The van der Waals surface area contributed by atoms with Crippen molar-refractivity contribution in [1.29, 1.82) is 0 Å². The van der Waals surface area contributed by atoms with Gasteiger partial charge in [0.2, 0.25) is 6.79 Å². The number of methoxy groups -OCH3 is 2. The Bertz CT molecular complexity index is 926. The molecule has 1 atom stereocenters. The van der Waals surface area contributed by atoms with E-state index in [2.05, 4.69) is 11.9 Å². The molecular formula is C21H23NO6. The summed E-state index contributed by atoms with van der Waals surface area (Å²) in [6.07, 6.45) is 1.45. The second-order valence-corrected chi connectivity index (χ2v) is 7.00. The van der Waals surface area contributed by atoms with Gasteiger partial charge in [0.15, 0.2) is 23.0 Å². The molecule has 7 heteroatoms. The minimum absolute atomic E-state index is 0.0226. The van der Waals surface area contributed by atoms with Crippen molar-refractivity contribution >= 4 is 5.97 Å². The summed E-state index contributed by atoms with van der Waals surface area (Å²) in [6.45, 7) is 1.12. The lowest BCUT2D eigenvalue weighted by molar-refractivity contribution is 0.0690. The van der Waals surface area contributed by atoms with Crippen molar-refractivity contribution in [3.8, 4) is 23.0 Å². The third-order valence-electron chi connectivity index (χ3n) is 5.52. The zero-order valence-corrected chi connectivity index (χ0v) is 16.2. The smallest absolute Gasteiger partial charge is 0.339 e. The Balaban J connectivity index is 1.77. The van der Waals surface area contributed by atoms with Gasteiger partial charge in [0.05, 0.1) is 14.2 Å². The Morgan fingerprint density at radius 3 is 2.64 bits per heavy atom. The summed E-state index contributed by atoms with van der Waals surface area (Å²) in [7, 11) is 5.01. The van der Waals surface area contributed by atoms with Crippen LogP contribution in [0.25, 0.3) is 0 Å². The molecule has 0 bridgehead atoms. The molecule has 0 spiro atoms. The molecule has 2 aliphatic heterocycles. The number of fused-ring (bicyclic) bond motifs is 2. The lowest BCUT2D eigenvalue weighted by atomic mass is 9.87. The minimum atomic E-state index is -1.03. The van der Waals surface area contributed by atoms with Gasteiger partial charge in [-0.3, -0.25) is 4.90 Å². The normalized spacial score (nSPS) is 17.9. The first-order valence-corrected chi connectivity index (χ1v) is 9.13. The molecule has 1 N–H and O–H groups in total. The summed E-state index contributed by atoms with van der Waals surface area (Å²) in [5.41, 5.74) is 3.20. The van der Waals surface area contributed by atoms with Crippen LogP contribution in [0.2, 0.25) is 0 Å². The molecule has 7 nitrogen and oxygen atoms in total. The first-order valence-electron chi connectivity index (χ1n) is 9.13. The zero-order chi connectivity index (χ0) is 19.8. The van der Waals surface area contributed by atoms with E-state index in [0.717, 1.165) is 30.0 Å². The number of carbonyl (C=O) groups is 1. The summed E-state index contributed by atoms with van der Waals surface area (Å²) in [5, 5.41) is 9.83. The van der Waals surface area contributed by atoms with E-state index in [1.54, 1.807) is 12.1 Å². The first-order chi connectivity index (χ1) is 13.5. The molecule has 0 aliphatic carbocycles. The Hall–Kier alpha value is -2.93. The van der Waals surface area contributed by atoms with E-state index >= 15 is 0 Å². The minimum Gasteiger partial charge on any atom is -0.493 e. The Labute approximate surface area is 163 Å². The fourth-order valence-corrected chi connectivity index (χ4v) is 4.06. The van der Waals surface area contributed by atoms with E-state index in [1.165, 1.54) is 19.8 Å². The molecule has 0 radical (unpaired) electrons. The summed E-state index contributed by atoms with van der Waals surface area (Å²) >= 11 is 0. The van der Waals surface area contributed by atoms with Gasteiger partial charge in [-0.25, -0.2) is 4.79 Å². The van der Waals surface area contributed by atoms with Gasteiger partial charge in [-0.2, -0.15) is 0 Å². The van der Waals surface area contributed by atoms with Crippen LogP contribution in [-0.2, 0) is 12.8 Å². The van der Waals surface area contributed by atoms with Gasteiger partial charge in [-0.05, 0) is 54.8 Å². The number of aromatic carboxylic acids is 1. The predicted molar refractivity (Wildman–Crippen MR) is 102 cm³/mol. The van der Waals surface area contributed by atoms with Gasteiger partial charge < -0.3 is 24.1 Å². The highest BCUT2D eigenvalue weighted by Gasteiger charge is 2.31. The summed E-state index contributed by atoms with van der Waals surface area (Å²) in [5.74, 6) is 1.14. The van der Waals surface area contributed by atoms with Crippen LogP contribution >= 0.6 is 0 Å². The number of carboxylic acid groups (broad SMARTS) is 1. The van der Waals surface area contributed by atoms with Crippen molar-refractivity contribution in [3.05, 3.63) is 46.5 Å². The summed E-state index contributed by atoms with van der Waals surface area (Å²) < 4.78 is 21.7. The molecule has 0 aromatic heterocycles. The second kappa shape index (κ2) is 7.24. The van der Waals surface area contributed by atoms with Crippen LogP contribution in [0, 0.1) is 0 Å². The van der Waals surface area contributed by atoms with Gasteiger partial charge in [0.1, 0.15) is 5.56 Å². The van der Waals surface area contributed by atoms with E-state index < -0.39 is 5.97 Å². The van der Waals surface area contributed by atoms with Crippen LogP contribution in [0.15, 0.2) is 24.3 Å². The van der Waals surface area contributed by atoms with Crippen LogP contribution in [0.3, 0.4) is 0 Å². The van der Waals surface area contributed by atoms with E-state index in [1.807, 2.05) is 12.1 Å². The maximum absolute atomic E-state index is 12.0. The van der Waals surface area contributed by atoms with Gasteiger partial charge in [-0.15, -0.1) is 0 Å². The number of hydrogen-bond donors (Lipinski definition) is 1. The molecule has 2 aromatic rings. The monoisotopic (exact) mass is 385 g/mol. The van der Waals surface area contributed by atoms with Crippen LogP contribution in [0.5, 0.6) is 23.0 Å². The average molecular weight is 385 g/mol. The highest BCUT2D eigenvalue weighted by atomic mass is 16.7. The molecule has 2 heterocycles. The standard InChI is InChI=1S/C21H23NO6/c1-22-7-6-12-9-17-18(28-11-27-17)10-14(12)15(22)8-13-4-5-16(25-2)20(26-3)19(13)21(23)24/h4-5,9-10,15H,6-8,11H2,1-3H3,(H,23,24). The van der Waals surface area contributed by atoms with Gasteiger partial charge >= 0.3 is 5.97 Å². The summed E-state index contributed by atoms with van der Waals surface area (Å²) in [6, 6.07) is 7.66. The lowest BCUT2D eigenvalue weighted by Gasteiger charge is -2.35. The van der Waals surface area contributed by atoms with E-state index in [0.29, 0.717) is 17.7 Å². The molecule has 2 aliphatic rings. The number of ether oxygens (including phenoxy) is 4. The number of rotatable bonds is 5. The van der Waals surface area contributed by atoms with Crippen molar-refractivity contribution in [2.24, 2.45) is 0 Å². The van der Waals surface area contributed by atoms with Crippen LogP contribution in [-0.4, -0.2) is 50.6 Å². The molecular weight excluding hydrogens is 362 g/mol. The quantitative estimate of drug-likeness (QED) is 0.848. The third kappa shape index (κ3) is 3.01. The molecule has 28 heavy (non-hydrogen) atoms. The Morgan fingerprint density at radius 1 is 1.21 bits per heavy atom.